The third-order valence-electron chi connectivity index (χ3n) is 4.60. The Morgan fingerprint density at radius 1 is 1.03 bits per heavy atom. The highest BCUT2D eigenvalue weighted by atomic mass is 35.5. The molecule has 4 nitrogen and oxygen atoms in total. The Morgan fingerprint density at radius 3 is 2.48 bits per heavy atom. The van der Waals surface area contributed by atoms with E-state index in [1.165, 1.54) is 12.1 Å². The first-order valence-corrected chi connectivity index (χ1v) is 9.22. The van der Waals surface area contributed by atoms with Gasteiger partial charge in [0, 0.05) is 18.1 Å². The summed E-state index contributed by atoms with van der Waals surface area (Å²) in [6, 6.07) is 19.9. The lowest BCUT2D eigenvalue weighted by Crippen LogP contribution is -2.08. The van der Waals surface area contributed by atoms with Gasteiger partial charge in [0.05, 0.1) is 10.5 Å². The van der Waals surface area contributed by atoms with Crippen molar-refractivity contribution in [2.24, 2.45) is 0 Å². The van der Waals surface area contributed by atoms with Gasteiger partial charge in [0.15, 0.2) is 5.75 Å². The van der Waals surface area contributed by atoms with Crippen molar-refractivity contribution >= 4 is 34.8 Å². The molecule has 0 spiro atoms. The average Bonchev–Trinajstić information content (AvgIpc) is 3.07. The molecule has 0 aliphatic rings. The topological polar surface area (TPSA) is 48.3 Å². The molecule has 6 heteroatoms. The van der Waals surface area contributed by atoms with Gasteiger partial charge in [-0.2, -0.15) is 0 Å². The van der Waals surface area contributed by atoms with Crippen molar-refractivity contribution < 1.29 is 18.7 Å². The standard InChI is InChI=1S/C23H15ClFNO3/c24-19-11-17(6-8-20(19)25)16-7-9-21-18(10-16)22(29-23(28)14-27)13-26(21)12-15-4-2-1-3-5-15/h1-11,13-14H,12H2. The molecule has 144 valence electrons. The zero-order valence-electron chi connectivity index (χ0n) is 15.1. The molecule has 0 saturated carbocycles. The molecule has 0 unspecified atom stereocenters. The van der Waals surface area contributed by atoms with E-state index in [4.69, 9.17) is 16.3 Å². The molecular weight excluding hydrogens is 393 g/mol. The quantitative estimate of drug-likeness (QED) is 0.258. The minimum atomic E-state index is -0.973. The van der Waals surface area contributed by atoms with E-state index in [0.717, 1.165) is 22.2 Å². The molecule has 0 amide bonds. The summed E-state index contributed by atoms with van der Waals surface area (Å²) in [4.78, 5) is 22.3. The number of benzene rings is 3. The van der Waals surface area contributed by atoms with Crippen LogP contribution >= 0.6 is 11.6 Å². The summed E-state index contributed by atoms with van der Waals surface area (Å²) in [5.41, 5.74) is 3.41. The minimum absolute atomic E-state index is 0.0249. The van der Waals surface area contributed by atoms with Crippen LogP contribution in [0.1, 0.15) is 5.56 Å². The molecule has 3 aromatic carbocycles. The lowest BCUT2D eigenvalue weighted by molar-refractivity contribution is -0.141. The van der Waals surface area contributed by atoms with Crippen molar-refractivity contribution in [2.45, 2.75) is 6.54 Å². The van der Waals surface area contributed by atoms with E-state index in [9.17, 15) is 14.0 Å². The number of esters is 1. The molecule has 0 N–H and O–H groups in total. The fraction of sp³-hybridized carbons (Fsp3) is 0.0435. The van der Waals surface area contributed by atoms with E-state index in [-0.39, 0.29) is 17.1 Å². The lowest BCUT2D eigenvalue weighted by atomic mass is 10.0. The highest BCUT2D eigenvalue weighted by Crippen LogP contribution is 2.34. The molecule has 0 bridgehead atoms. The van der Waals surface area contributed by atoms with Gasteiger partial charge in [-0.3, -0.25) is 4.79 Å². The second-order valence-corrected chi connectivity index (χ2v) is 6.91. The second kappa shape index (κ2) is 7.89. The SMILES string of the molecule is O=CC(=O)Oc1cn(Cc2ccccc2)c2ccc(-c3ccc(F)c(Cl)c3)cc12. The van der Waals surface area contributed by atoms with E-state index in [1.54, 1.807) is 12.3 Å². The Morgan fingerprint density at radius 2 is 1.76 bits per heavy atom. The number of nitrogens with zero attached hydrogens (tertiary/aromatic N) is 1. The molecule has 1 aromatic heterocycles. The van der Waals surface area contributed by atoms with Crippen LogP contribution in [0, 0.1) is 5.82 Å². The van der Waals surface area contributed by atoms with E-state index < -0.39 is 11.8 Å². The number of carbonyl (C=O) groups is 2. The van der Waals surface area contributed by atoms with Crippen LogP contribution in [-0.4, -0.2) is 16.8 Å². The first-order valence-electron chi connectivity index (χ1n) is 8.84. The number of fused-ring (bicyclic) bond motifs is 1. The van der Waals surface area contributed by atoms with Crippen LogP contribution in [0.3, 0.4) is 0 Å². The van der Waals surface area contributed by atoms with Gasteiger partial charge in [-0.15, -0.1) is 0 Å². The summed E-state index contributed by atoms with van der Waals surface area (Å²) in [5, 5.41) is 0.686. The fourth-order valence-corrected chi connectivity index (χ4v) is 3.42. The van der Waals surface area contributed by atoms with Crippen molar-refractivity contribution in [3.8, 4) is 16.9 Å². The largest absolute Gasteiger partial charge is 0.419 e. The Balaban J connectivity index is 1.82. The van der Waals surface area contributed by atoms with Crippen molar-refractivity contribution in [2.75, 3.05) is 0 Å². The Bertz CT molecular complexity index is 1220. The molecule has 1 heterocycles. The van der Waals surface area contributed by atoms with Gasteiger partial charge in [-0.25, -0.2) is 9.18 Å². The van der Waals surface area contributed by atoms with Crippen LogP contribution in [-0.2, 0) is 16.1 Å². The highest BCUT2D eigenvalue weighted by Gasteiger charge is 2.15. The number of ether oxygens (including phenoxy) is 1. The summed E-state index contributed by atoms with van der Waals surface area (Å²) in [5.74, 6) is -1.19. The third kappa shape index (κ3) is 3.91. The molecule has 0 radical (unpaired) electrons. The van der Waals surface area contributed by atoms with Gasteiger partial charge < -0.3 is 9.30 Å². The maximum Gasteiger partial charge on any atom is 0.376 e. The molecule has 0 atom stereocenters. The fourth-order valence-electron chi connectivity index (χ4n) is 3.24. The van der Waals surface area contributed by atoms with E-state index in [1.807, 2.05) is 53.1 Å². The van der Waals surface area contributed by atoms with Crippen LogP contribution in [0.4, 0.5) is 4.39 Å². The molecule has 4 aromatic rings. The third-order valence-corrected chi connectivity index (χ3v) is 4.89. The summed E-state index contributed by atoms with van der Waals surface area (Å²) < 4.78 is 20.7. The number of aromatic nitrogens is 1. The molecule has 0 saturated heterocycles. The average molecular weight is 408 g/mol. The number of hydrogen-bond acceptors (Lipinski definition) is 3. The number of hydrogen-bond donors (Lipinski definition) is 0. The smallest absolute Gasteiger partial charge is 0.376 e. The highest BCUT2D eigenvalue weighted by molar-refractivity contribution is 6.31. The van der Waals surface area contributed by atoms with Crippen molar-refractivity contribution in [1.29, 1.82) is 0 Å². The predicted octanol–water partition coefficient (Wildman–Crippen LogP) is 5.25. The first kappa shape index (κ1) is 18.9. The zero-order valence-corrected chi connectivity index (χ0v) is 15.9. The van der Waals surface area contributed by atoms with Crippen molar-refractivity contribution in [3.63, 3.8) is 0 Å². The number of aldehydes is 1. The first-order chi connectivity index (χ1) is 14.0. The van der Waals surface area contributed by atoms with E-state index >= 15 is 0 Å². The van der Waals surface area contributed by atoms with Crippen molar-refractivity contribution in [3.05, 3.63) is 89.3 Å². The van der Waals surface area contributed by atoms with Crippen molar-refractivity contribution in [1.82, 2.24) is 4.57 Å². The molecule has 0 aliphatic heterocycles. The van der Waals surface area contributed by atoms with Crippen LogP contribution in [0.2, 0.25) is 5.02 Å². The summed E-state index contributed by atoms with van der Waals surface area (Å²) in [6.45, 7) is 0.567. The Hall–Kier alpha value is -3.44. The summed E-state index contributed by atoms with van der Waals surface area (Å²) >= 11 is 5.91. The molecule has 4 rings (SSSR count). The van der Waals surface area contributed by atoms with Gasteiger partial charge >= 0.3 is 5.97 Å². The summed E-state index contributed by atoms with van der Waals surface area (Å²) in [7, 11) is 0. The minimum Gasteiger partial charge on any atom is -0.419 e. The maximum atomic E-state index is 13.5. The maximum absolute atomic E-state index is 13.5. The Labute approximate surface area is 171 Å². The monoisotopic (exact) mass is 407 g/mol. The molecule has 0 aliphatic carbocycles. The number of halogens is 2. The predicted molar refractivity (Wildman–Crippen MR) is 110 cm³/mol. The Kier molecular flexibility index (Phi) is 5.14. The van der Waals surface area contributed by atoms with E-state index in [2.05, 4.69) is 0 Å². The zero-order chi connectivity index (χ0) is 20.4. The summed E-state index contributed by atoms with van der Waals surface area (Å²) in [6.07, 6.45) is 1.82. The van der Waals surface area contributed by atoms with Gasteiger partial charge in [-0.1, -0.05) is 54.1 Å². The number of carbonyl (C=O) groups excluding carboxylic acids is 2. The van der Waals surface area contributed by atoms with Gasteiger partial charge in [0.25, 0.3) is 0 Å². The number of rotatable bonds is 5. The molecule has 29 heavy (non-hydrogen) atoms. The molecular formula is C23H15ClFNO3. The second-order valence-electron chi connectivity index (χ2n) is 6.51. The van der Waals surface area contributed by atoms with Gasteiger partial charge in [0.2, 0.25) is 6.29 Å². The normalized spacial score (nSPS) is 10.8. The van der Waals surface area contributed by atoms with Gasteiger partial charge in [-0.05, 0) is 41.0 Å². The lowest BCUT2D eigenvalue weighted by Gasteiger charge is -2.07. The van der Waals surface area contributed by atoms with E-state index in [0.29, 0.717) is 11.9 Å². The van der Waals surface area contributed by atoms with Crippen LogP contribution in [0.25, 0.3) is 22.0 Å². The van der Waals surface area contributed by atoms with Crippen LogP contribution in [0.15, 0.2) is 72.9 Å². The van der Waals surface area contributed by atoms with Gasteiger partial charge in [0.1, 0.15) is 5.82 Å². The van der Waals surface area contributed by atoms with Crippen LogP contribution < -0.4 is 4.74 Å². The van der Waals surface area contributed by atoms with Crippen LogP contribution in [0.5, 0.6) is 5.75 Å². The molecule has 0 fully saturated rings.